The van der Waals surface area contributed by atoms with Gasteiger partial charge in [-0.05, 0) is 75.3 Å². The molecule has 3 aromatic rings. The fourth-order valence-corrected chi connectivity index (χ4v) is 5.50. The fourth-order valence-electron chi connectivity index (χ4n) is 5.50. The van der Waals surface area contributed by atoms with Gasteiger partial charge in [0.15, 0.2) is 5.82 Å². The topological polar surface area (TPSA) is 140 Å². The summed E-state index contributed by atoms with van der Waals surface area (Å²) < 4.78 is 63.3. The maximum Gasteiger partial charge on any atom is 0.490 e. The summed E-state index contributed by atoms with van der Waals surface area (Å²) in [4.78, 5) is 11.0. The monoisotopic (exact) mass is 634 g/mol. The second-order valence-corrected chi connectivity index (χ2v) is 11.7. The zero-order chi connectivity index (χ0) is 32.9. The Balaban J connectivity index is 0.000000591. The van der Waals surface area contributed by atoms with Gasteiger partial charge in [-0.2, -0.15) is 18.4 Å². The first-order valence-electron chi connectivity index (χ1n) is 14.5. The quantitative estimate of drug-likeness (QED) is 0.257. The van der Waals surface area contributed by atoms with Crippen molar-refractivity contribution in [1.29, 1.82) is 5.26 Å². The Hall–Kier alpha value is -4.22. The molecule has 2 heterocycles. The summed E-state index contributed by atoms with van der Waals surface area (Å²) >= 11 is 0. The summed E-state index contributed by atoms with van der Waals surface area (Å²) in [5, 5.41) is 34.5. The lowest BCUT2D eigenvalue weighted by atomic mass is 9.86. The number of hydrogen-bond donors (Lipinski definition) is 4. The van der Waals surface area contributed by atoms with E-state index in [1.54, 1.807) is 18.2 Å². The van der Waals surface area contributed by atoms with Crippen molar-refractivity contribution in [2.75, 3.05) is 29.9 Å². The lowest BCUT2D eigenvalue weighted by molar-refractivity contribution is -0.192. The van der Waals surface area contributed by atoms with Crippen LogP contribution in [0.5, 0.6) is 0 Å². The Morgan fingerprint density at radius 1 is 1.13 bits per heavy atom. The number of carboxylic acid groups (broad SMARTS) is 1. The zero-order valence-electron chi connectivity index (χ0n) is 24.6. The van der Waals surface area contributed by atoms with Crippen LogP contribution < -0.4 is 16.0 Å². The highest BCUT2D eigenvalue weighted by Gasteiger charge is 2.38. The largest absolute Gasteiger partial charge is 0.490 e. The van der Waals surface area contributed by atoms with Crippen molar-refractivity contribution in [2.45, 2.75) is 63.3 Å². The number of aliphatic carboxylic acids is 1. The van der Waals surface area contributed by atoms with E-state index in [-0.39, 0.29) is 17.3 Å². The molecule has 0 bridgehead atoms. The van der Waals surface area contributed by atoms with Crippen molar-refractivity contribution < 1.29 is 37.0 Å². The molecule has 45 heavy (non-hydrogen) atoms. The van der Waals surface area contributed by atoms with Crippen LogP contribution in [0.2, 0.25) is 0 Å². The van der Waals surface area contributed by atoms with Crippen LogP contribution in [0.3, 0.4) is 0 Å². The van der Waals surface area contributed by atoms with Gasteiger partial charge in [0.25, 0.3) is 0 Å². The van der Waals surface area contributed by atoms with Crippen molar-refractivity contribution in [2.24, 2.45) is 11.7 Å². The number of nitrogens with zero attached hydrogens (tertiary/aromatic N) is 4. The van der Waals surface area contributed by atoms with E-state index in [1.807, 2.05) is 19.1 Å². The molecule has 0 spiro atoms. The van der Waals surface area contributed by atoms with Crippen LogP contribution in [0, 0.1) is 28.9 Å². The molecule has 2 fully saturated rings. The van der Waals surface area contributed by atoms with E-state index >= 15 is 4.39 Å². The van der Waals surface area contributed by atoms with Crippen molar-refractivity contribution in [3.63, 3.8) is 0 Å². The van der Waals surface area contributed by atoms with Crippen molar-refractivity contribution in [3.8, 4) is 23.0 Å². The molecule has 2 aliphatic rings. The zero-order valence-corrected chi connectivity index (χ0v) is 24.6. The van der Waals surface area contributed by atoms with Crippen molar-refractivity contribution >= 4 is 17.5 Å². The molecule has 1 saturated carbocycles. The van der Waals surface area contributed by atoms with E-state index in [0.717, 1.165) is 31.4 Å². The first-order valence-corrected chi connectivity index (χ1v) is 14.5. The highest BCUT2D eigenvalue weighted by Crippen LogP contribution is 2.32. The van der Waals surface area contributed by atoms with E-state index < -0.39 is 29.4 Å². The van der Waals surface area contributed by atoms with E-state index in [0.29, 0.717) is 55.5 Å². The van der Waals surface area contributed by atoms with Gasteiger partial charge in [0, 0.05) is 43.0 Å². The molecule has 1 aromatic heterocycles. The summed E-state index contributed by atoms with van der Waals surface area (Å²) in [6.07, 6.45) is 0.339. The molecule has 5 rings (SSSR count). The van der Waals surface area contributed by atoms with Crippen LogP contribution in [0.1, 0.15) is 51.0 Å². The first kappa shape index (κ1) is 33.7. The predicted molar refractivity (Wildman–Crippen MR) is 158 cm³/mol. The third-order valence-electron chi connectivity index (χ3n) is 8.10. The summed E-state index contributed by atoms with van der Waals surface area (Å²) in [6, 6.07) is 13.2. The number of hydrogen-bond acceptors (Lipinski definition) is 7. The maximum absolute atomic E-state index is 15.6. The lowest BCUT2D eigenvalue weighted by Gasteiger charge is -2.37. The SMILES string of the molecule is CC1(O)CCN(c2ccc(-n3nc(NC[C@H]4CCC[C@H](N)C4)cc3-c3ccc(C#N)c(F)c3)c(F)c2)CC1.O=C(O)C(F)(F)F. The van der Waals surface area contributed by atoms with Crippen molar-refractivity contribution in [1.82, 2.24) is 9.78 Å². The molecule has 0 unspecified atom stereocenters. The van der Waals surface area contributed by atoms with Gasteiger partial charge in [0.2, 0.25) is 0 Å². The molecule has 0 radical (unpaired) electrons. The number of benzene rings is 2. The number of anilines is 2. The molecule has 2 atom stereocenters. The number of nitrogens with one attached hydrogen (secondary N) is 1. The minimum absolute atomic E-state index is 0.0529. The normalized spacial score (nSPS) is 19.7. The Kier molecular flexibility index (Phi) is 10.3. The molecule has 242 valence electrons. The van der Waals surface area contributed by atoms with Crippen LogP contribution >= 0.6 is 0 Å². The molecule has 5 N–H and O–H groups in total. The Labute approximate surface area is 257 Å². The number of carbonyl (C=O) groups is 1. The summed E-state index contributed by atoms with van der Waals surface area (Å²) in [5.74, 6) is -2.86. The van der Waals surface area contributed by atoms with Gasteiger partial charge in [-0.25, -0.2) is 18.3 Å². The lowest BCUT2D eigenvalue weighted by Crippen LogP contribution is -2.42. The molecular formula is C31H35F5N6O3. The number of nitrogens with two attached hydrogens (primary N) is 1. The second-order valence-electron chi connectivity index (χ2n) is 11.7. The van der Waals surface area contributed by atoms with Gasteiger partial charge in [0.1, 0.15) is 23.4 Å². The number of rotatable bonds is 6. The standard InChI is InChI=1S/C29H34F2N6O.C2HF3O2/c1-29(38)9-11-36(12-10-29)23-7-8-26(25(31)15-23)37-27(20-5-6-21(17-32)24(30)14-20)16-28(35-37)34-18-19-3-2-4-22(33)13-19;3-2(4,5)1(6)7/h5-8,14-16,19,22,38H,2-4,9-13,18,33H2,1H3,(H,34,35);(H,6,7)/t19-,22-;/m0./s1. The van der Waals surface area contributed by atoms with Crippen LogP contribution in [-0.2, 0) is 4.79 Å². The van der Waals surface area contributed by atoms with Gasteiger partial charge in [-0.1, -0.05) is 12.5 Å². The highest BCUT2D eigenvalue weighted by molar-refractivity contribution is 5.73. The molecule has 2 aromatic carbocycles. The van der Waals surface area contributed by atoms with E-state index in [9.17, 15) is 22.7 Å². The van der Waals surface area contributed by atoms with Gasteiger partial charge in [0.05, 0.1) is 16.9 Å². The first-order chi connectivity index (χ1) is 21.2. The summed E-state index contributed by atoms with van der Waals surface area (Å²) in [7, 11) is 0. The van der Waals surface area contributed by atoms with Crippen LogP contribution in [0.15, 0.2) is 42.5 Å². The summed E-state index contributed by atoms with van der Waals surface area (Å²) in [5.41, 5.74) is 7.38. The molecule has 9 nitrogen and oxygen atoms in total. The van der Waals surface area contributed by atoms with E-state index in [2.05, 4.69) is 15.3 Å². The fraction of sp³-hybridized carbons (Fsp3) is 0.452. The molecule has 14 heteroatoms. The second kappa shape index (κ2) is 13.8. The van der Waals surface area contributed by atoms with Crippen LogP contribution in [0.4, 0.5) is 33.5 Å². The van der Waals surface area contributed by atoms with Gasteiger partial charge in [-0.3, -0.25) is 0 Å². The Bertz CT molecular complexity index is 1540. The predicted octanol–water partition coefficient (Wildman–Crippen LogP) is 5.60. The minimum Gasteiger partial charge on any atom is -0.475 e. The number of aliphatic hydroxyl groups is 1. The van der Waals surface area contributed by atoms with Gasteiger partial charge >= 0.3 is 12.1 Å². The van der Waals surface area contributed by atoms with E-state index in [1.165, 1.54) is 22.9 Å². The van der Waals surface area contributed by atoms with Crippen LogP contribution in [-0.4, -0.2) is 63.4 Å². The minimum atomic E-state index is -5.08. The third kappa shape index (κ3) is 8.70. The van der Waals surface area contributed by atoms with Gasteiger partial charge < -0.3 is 26.2 Å². The van der Waals surface area contributed by atoms with Gasteiger partial charge in [-0.15, -0.1) is 5.10 Å². The van der Waals surface area contributed by atoms with Crippen LogP contribution in [0.25, 0.3) is 16.9 Å². The number of piperidine rings is 1. The molecule has 0 amide bonds. The average Bonchev–Trinajstić information content (AvgIpc) is 3.40. The maximum atomic E-state index is 15.6. The number of alkyl halides is 3. The smallest absolute Gasteiger partial charge is 0.475 e. The third-order valence-corrected chi connectivity index (χ3v) is 8.10. The van der Waals surface area contributed by atoms with Crippen molar-refractivity contribution in [3.05, 3.63) is 59.7 Å². The Morgan fingerprint density at radius 3 is 2.40 bits per heavy atom. The van der Waals surface area contributed by atoms with E-state index in [4.69, 9.17) is 20.9 Å². The average molecular weight is 635 g/mol. The number of halogens is 5. The Morgan fingerprint density at radius 2 is 1.82 bits per heavy atom. The summed E-state index contributed by atoms with van der Waals surface area (Å²) in [6.45, 7) is 3.81. The molecular weight excluding hydrogens is 599 g/mol. The number of aromatic nitrogens is 2. The number of nitriles is 1. The molecule has 1 saturated heterocycles. The molecule has 1 aliphatic carbocycles. The highest BCUT2D eigenvalue weighted by atomic mass is 19.4. The number of carboxylic acids is 1. The molecule has 1 aliphatic heterocycles.